The molecule has 1 aliphatic carbocycles. The molecule has 1 heterocycles. The molecule has 6 heteroatoms. The Labute approximate surface area is 160 Å². The Morgan fingerprint density at radius 1 is 1.31 bits per heavy atom. The summed E-state index contributed by atoms with van der Waals surface area (Å²) in [6, 6.07) is 10.4. The molecule has 1 saturated carbocycles. The molecule has 0 N–H and O–H groups in total. The van der Waals surface area contributed by atoms with Crippen LogP contribution in [0, 0.1) is 5.92 Å². The molecule has 1 fully saturated rings. The van der Waals surface area contributed by atoms with Crippen molar-refractivity contribution < 1.29 is 4.79 Å². The van der Waals surface area contributed by atoms with E-state index in [0.717, 1.165) is 41.6 Å². The first-order valence-electron chi connectivity index (χ1n) is 9.49. The summed E-state index contributed by atoms with van der Waals surface area (Å²) in [6.45, 7) is 2.30. The van der Waals surface area contributed by atoms with Gasteiger partial charge in [0, 0.05) is 25.3 Å². The van der Waals surface area contributed by atoms with Gasteiger partial charge in [0.2, 0.25) is 5.91 Å². The maximum absolute atomic E-state index is 12.5. The molecule has 3 rings (SSSR count). The minimum atomic E-state index is 0.277. The van der Waals surface area contributed by atoms with Gasteiger partial charge in [0.1, 0.15) is 5.03 Å². The molecular formula is C20H28N4OS. The van der Waals surface area contributed by atoms with E-state index in [0.29, 0.717) is 12.5 Å². The third kappa shape index (κ3) is 4.87. The van der Waals surface area contributed by atoms with E-state index in [1.165, 1.54) is 12.8 Å². The topological polar surface area (TPSA) is 51.0 Å². The summed E-state index contributed by atoms with van der Waals surface area (Å²) in [5, 5.41) is 9.21. The van der Waals surface area contributed by atoms with E-state index in [1.54, 1.807) is 18.0 Å². The van der Waals surface area contributed by atoms with E-state index in [9.17, 15) is 4.79 Å². The first-order chi connectivity index (χ1) is 12.6. The average molecular weight is 373 g/mol. The molecule has 2 aromatic rings. The van der Waals surface area contributed by atoms with Crippen LogP contribution in [0.25, 0.3) is 5.69 Å². The van der Waals surface area contributed by atoms with Crippen LogP contribution in [0.4, 0.5) is 0 Å². The molecule has 2 atom stereocenters. The third-order valence-electron chi connectivity index (χ3n) is 5.15. The van der Waals surface area contributed by atoms with Crippen LogP contribution >= 0.6 is 11.8 Å². The van der Waals surface area contributed by atoms with E-state index in [2.05, 4.69) is 17.2 Å². The molecule has 5 nitrogen and oxygen atoms in total. The first-order valence-corrected chi connectivity index (χ1v) is 10.5. The summed E-state index contributed by atoms with van der Waals surface area (Å²) in [5.74, 6) is 1.91. The van der Waals surface area contributed by atoms with Gasteiger partial charge in [0.05, 0.1) is 11.9 Å². The molecule has 0 bridgehead atoms. The quantitative estimate of drug-likeness (QED) is 0.540. The lowest BCUT2D eigenvalue weighted by molar-refractivity contribution is -0.132. The minimum Gasteiger partial charge on any atom is -0.343 e. The number of aromatic nitrogens is 3. The second kappa shape index (κ2) is 9.21. The molecule has 1 aliphatic rings. The highest BCUT2D eigenvalue weighted by Crippen LogP contribution is 2.27. The maximum atomic E-state index is 12.5. The van der Waals surface area contributed by atoms with Gasteiger partial charge in [-0.1, -0.05) is 43.2 Å². The first kappa shape index (κ1) is 19.0. The fraction of sp³-hybridized carbons (Fsp3) is 0.550. The van der Waals surface area contributed by atoms with E-state index in [1.807, 2.05) is 47.0 Å². The lowest BCUT2D eigenvalue weighted by Gasteiger charge is -2.34. The van der Waals surface area contributed by atoms with Gasteiger partial charge in [-0.05, 0) is 37.3 Å². The van der Waals surface area contributed by atoms with Crippen LogP contribution in [-0.2, 0) is 4.79 Å². The molecule has 0 radical (unpaired) electrons. The van der Waals surface area contributed by atoms with Crippen LogP contribution in [0.2, 0.25) is 0 Å². The standard InChI is InChI=1S/C20H28N4OS/c1-16-8-6-11-18(14-16)23(2)19(25)12-7-13-26-20-15-21-22-24(20)17-9-4-3-5-10-17/h3-5,9-10,15-16,18H,6-8,11-14H2,1-2H3. The third-order valence-corrected chi connectivity index (χ3v) is 6.22. The smallest absolute Gasteiger partial charge is 0.222 e. The number of carbonyl (C=O) groups is 1. The van der Waals surface area contributed by atoms with Crippen LogP contribution < -0.4 is 0 Å². The van der Waals surface area contributed by atoms with Crippen molar-refractivity contribution in [1.29, 1.82) is 0 Å². The second-order valence-corrected chi connectivity index (χ2v) is 8.32. The molecule has 1 aromatic carbocycles. The number of benzene rings is 1. The molecular weight excluding hydrogens is 344 g/mol. The number of para-hydroxylation sites is 1. The van der Waals surface area contributed by atoms with Crippen molar-refractivity contribution in [2.75, 3.05) is 12.8 Å². The Hall–Kier alpha value is -1.82. The van der Waals surface area contributed by atoms with Gasteiger partial charge in [-0.25, -0.2) is 4.68 Å². The Morgan fingerprint density at radius 2 is 2.12 bits per heavy atom. The van der Waals surface area contributed by atoms with Gasteiger partial charge >= 0.3 is 0 Å². The molecule has 140 valence electrons. The summed E-state index contributed by atoms with van der Waals surface area (Å²) in [5.41, 5.74) is 1.01. The largest absolute Gasteiger partial charge is 0.343 e. The molecule has 0 aliphatic heterocycles. The molecule has 0 saturated heterocycles. The molecule has 26 heavy (non-hydrogen) atoms. The number of hydrogen-bond acceptors (Lipinski definition) is 4. The summed E-state index contributed by atoms with van der Waals surface area (Å²) >= 11 is 1.71. The van der Waals surface area contributed by atoms with Crippen molar-refractivity contribution in [3.8, 4) is 5.69 Å². The number of rotatable bonds is 7. The van der Waals surface area contributed by atoms with Gasteiger partial charge in [-0.15, -0.1) is 16.9 Å². The monoisotopic (exact) mass is 372 g/mol. The molecule has 1 amide bonds. The summed E-state index contributed by atoms with van der Waals surface area (Å²) in [6.07, 6.45) is 8.13. The molecule has 0 spiro atoms. The van der Waals surface area contributed by atoms with Gasteiger partial charge in [0.25, 0.3) is 0 Å². The average Bonchev–Trinajstić information content (AvgIpc) is 3.13. The summed E-state index contributed by atoms with van der Waals surface area (Å²) in [7, 11) is 1.98. The Bertz CT molecular complexity index is 703. The number of carbonyl (C=O) groups excluding carboxylic acids is 1. The normalized spacial score (nSPS) is 20.1. The van der Waals surface area contributed by atoms with Crippen LogP contribution in [0.5, 0.6) is 0 Å². The highest BCUT2D eigenvalue weighted by molar-refractivity contribution is 7.99. The molecule has 1 aromatic heterocycles. The minimum absolute atomic E-state index is 0.277. The number of amides is 1. The Morgan fingerprint density at radius 3 is 2.88 bits per heavy atom. The van der Waals surface area contributed by atoms with Crippen molar-refractivity contribution in [3.05, 3.63) is 36.5 Å². The zero-order valence-electron chi connectivity index (χ0n) is 15.7. The number of hydrogen-bond donors (Lipinski definition) is 0. The van der Waals surface area contributed by atoms with Gasteiger partial charge in [-0.2, -0.15) is 0 Å². The van der Waals surface area contributed by atoms with Crippen LogP contribution in [0.1, 0.15) is 45.4 Å². The Kier molecular flexibility index (Phi) is 6.72. The van der Waals surface area contributed by atoms with Crippen molar-refractivity contribution in [3.63, 3.8) is 0 Å². The van der Waals surface area contributed by atoms with E-state index in [4.69, 9.17) is 0 Å². The zero-order chi connectivity index (χ0) is 18.4. The highest BCUT2D eigenvalue weighted by Gasteiger charge is 2.25. The lowest BCUT2D eigenvalue weighted by atomic mass is 9.86. The van der Waals surface area contributed by atoms with Gasteiger partial charge < -0.3 is 4.90 Å². The van der Waals surface area contributed by atoms with Crippen molar-refractivity contribution >= 4 is 17.7 Å². The van der Waals surface area contributed by atoms with E-state index in [-0.39, 0.29) is 5.91 Å². The molecule has 2 unspecified atom stereocenters. The predicted octanol–water partition coefficient (Wildman–Crippen LogP) is 4.18. The number of thioether (sulfide) groups is 1. The van der Waals surface area contributed by atoms with Crippen LogP contribution in [-0.4, -0.2) is 44.6 Å². The van der Waals surface area contributed by atoms with Crippen molar-refractivity contribution in [2.24, 2.45) is 5.92 Å². The fourth-order valence-corrected chi connectivity index (χ4v) is 4.49. The van der Waals surface area contributed by atoms with Crippen LogP contribution in [0.3, 0.4) is 0 Å². The fourth-order valence-electron chi connectivity index (χ4n) is 3.61. The van der Waals surface area contributed by atoms with Crippen LogP contribution in [0.15, 0.2) is 41.6 Å². The van der Waals surface area contributed by atoms with E-state index >= 15 is 0 Å². The number of nitrogens with zero attached hydrogens (tertiary/aromatic N) is 4. The lowest BCUT2D eigenvalue weighted by Crippen LogP contribution is -2.39. The Balaban J connectivity index is 1.45. The van der Waals surface area contributed by atoms with Crippen molar-refractivity contribution in [2.45, 2.75) is 56.5 Å². The van der Waals surface area contributed by atoms with Gasteiger partial charge in [0.15, 0.2) is 0 Å². The SMILES string of the molecule is CC1CCCC(N(C)C(=O)CCCSc2cnnn2-c2ccccc2)C1. The van der Waals surface area contributed by atoms with Crippen molar-refractivity contribution in [1.82, 2.24) is 19.9 Å². The summed E-state index contributed by atoms with van der Waals surface area (Å²) in [4.78, 5) is 14.5. The zero-order valence-corrected chi connectivity index (χ0v) is 16.5. The van der Waals surface area contributed by atoms with E-state index < -0.39 is 0 Å². The maximum Gasteiger partial charge on any atom is 0.222 e. The predicted molar refractivity (Wildman–Crippen MR) is 106 cm³/mol. The van der Waals surface area contributed by atoms with Gasteiger partial charge in [-0.3, -0.25) is 4.79 Å². The highest BCUT2D eigenvalue weighted by atomic mass is 32.2. The summed E-state index contributed by atoms with van der Waals surface area (Å²) < 4.78 is 1.85. The second-order valence-electron chi connectivity index (χ2n) is 7.20.